The minimum Gasteiger partial charge on any atom is -0.491 e. The smallest absolute Gasteiger partial charge is 0.325 e. The molecular weight excluding hydrogens is 761 g/mol. The lowest BCUT2D eigenvalue weighted by Gasteiger charge is -2.38. The van der Waals surface area contributed by atoms with Crippen LogP contribution in [0, 0.1) is 0 Å². The normalized spacial score (nSPS) is 16.6. The number of esters is 2. The summed E-state index contributed by atoms with van der Waals surface area (Å²) in [7, 11) is 2.91. The first-order valence-electron chi connectivity index (χ1n) is 21.8. The van der Waals surface area contributed by atoms with Crippen molar-refractivity contribution in [1.29, 1.82) is 0 Å². The molecule has 4 rings (SSSR count). The predicted octanol–water partition coefficient (Wildman–Crippen LogP) is 5.96. The summed E-state index contributed by atoms with van der Waals surface area (Å²) in [6.07, 6.45) is 2.22. The number of carbonyl (C=O) groups is 2. The van der Waals surface area contributed by atoms with Crippen LogP contribution < -0.4 is 4.74 Å². The molecule has 332 valence electrons. The third kappa shape index (κ3) is 18.4. The molecule has 1 heterocycles. The van der Waals surface area contributed by atoms with Crippen LogP contribution in [0.15, 0.2) is 84.9 Å². The van der Waals surface area contributed by atoms with Crippen LogP contribution in [0.25, 0.3) is 0 Å². The van der Waals surface area contributed by atoms with Crippen LogP contribution >= 0.6 is 0 Å². The van der Waals surface area contributed by atoms with Crippen molar-refractivity contribution in [1.82, 2.24) is 19.6 Å². The molecule has 1 fully saturated rings. The Morgan fingerprint density at radius 2 is 1.08 bits per heavy atom. The zero-order valence-corrected chi connectivity index (χ0v) is 37.2. The maximum Gasteiger partial charge on any atom is 0.325 e. The van der Waals surface area contributed by atoms with Crippen LogP contribution in [0.5, 0.6) is 5.75 Å². The van der Waals surface area contributed by atoms with Gasteiger partial charge in [0.05, 0.1) is 46.2 Å². The van der Waals surface area contributed by atoms with Gasteiger partial charge in [-0.2, -0.15) is 0 Å². The highest BCUT2D eigenvalue weighted by atomic mass is 16.5. The van der Waals surface area contributed by atoms with E-state index in [4.69, 9.17) is 28.4 Å². The van der Waals surface area contributed by atoms with Gasteiger partial charge in [-0.25, -0.2) is 0 Å². The van der Waals surface area contributed by atoms with E-state index in [-0.39, 0.29) is 18.5 Å². The molecule has 0 aromatic heterocycles. The standard InChI is InChI=1S/C48H72N4O8/c1-7-57-33-34-58-35-36-59-43-23-21-40(22-24-43)19-14-20-44(46(53)55-5)51-29-27-49(37-41-15-10-8-11-16-41)25-26-50(38-42-17-12-9-13-18-42)28-30-52(32-31-51)45(47(54)56-6)39-60-48(2,3)4/h8-13,15-18,21-24,44-45H,7,14,19-20,25-39H2,1-6H3/t44?,45-/m1/s1. The first kappa shape index (κ1) is 48.8. The van der Waals surface area contributed by atoms with E-state index in [0.717, 1.165) is 57.9 Å². The largest absolute Gasteiger partial charge is 0.491 e. The van der Waals surface area contributed by atoms with E-state index in [1.165, 1.54) is 30.9 Å². The summed E-state index contributed by atoms with van der Waals surface area (Å²) < 4.78 is 33.8. The zero-order chi connectivity index (χ0) is 43.0. The van der Waals surface area contributed by atoms with E-state index in [1.54, 1.807) is 0 Å². The van der Waals surface area contributed by atoms with E-state index in [0.29, 0.717) is 65.6 Å². The highest BCUT2D eigenvalue weighted by Crippen LogP contribution is 2.19. The van der Waals surface area contributed by atoms with E-state index in [2.05, 4.69) is 86.3 Å². The second-order valence-corrected chi connectivity index (χ2v) is 16.3. The molecule has 60 heavy (non-hydrogen) atoms. The van der Waals surface area contributed by atoms with Crippen molar-refractivity contribution in [3.05, 3.63) is 102 Å². The van der Waals surface area contributed by atoms with Crippen molar-refractivity contribution in [3.8, 4) is 5.75 Å². The van der Waals surface area contributed by atoms with E-state index in [9.17, 15) is 9.59 Å². The van der Waals surface area contributed by atoms with Crippen molar-refractivity contribution in [2.75, 3.05) is 106 Å². The van der Waals surface area contributed by atoms with Gasteiger partial charge in [0.2, 0.25) is 0 Å². The summed E-state index contributed by atoms with van der Waals surface area (Å²) >= 11 is 0. The Morgan fingerprint density at radius 1 is 0.600 bits per heavy atom. The molecule has 0 N–H and O–H groups in total. The minimum absolute atomic E-state index is 0.201. The maximum atomic E-state index is 13.7. The second kappa shape index (κ2) is 27.1. The molecule has 2 atom stereocenters. The molecule has 12 nitrogen and oxygen atoms in total. The molecule has 0 amide bonds. The van der Waals surface area contributed by atoms with Gasteiger partial charge in [-0.3, -0.25) is 29.2 Å². The van der Waals surface area contributed by atoms with Crippen molar-refractivity contribution in [2.24, 2.45) is 0 Å². The van der Waals surface area contributed by atoms with Gasteiger partial charge in [0.1, 0.15) is 24.4 Å². The number of benzene rings is 3. The van der Waals surface area contributed by atoms with E-state index in [1.807, 2.05) is 45.9 Å². The second-order valence-electron chi connectivity index (χ2n) is 16.3. The fourth-order valence-electron chi connectivity index (χ4n) is 7.36. The summed E-state index contributed by atoms with van der Waals surface area (Å²) in [4.78, 5) is 36.7. The first-order valence-corrected chi connectivity index (χ1v) is 21.8. The Labute approximate surface area is 360 Å². The van der Waals surface area contributed by atoms with Crippen molar-refractivity contribution in [3.63, 3.8) is 0 Å². The summed E-state index contributed by atoms with van der Waals surface area (Å²) in [6.45, 7) is 18.1. The van der Waals surface area contributed by atoms with Crippen LogP contribution in [0.1, 0.15) is 57.2 Å². The van der Waals surface area contributed by atoms with Crippen molar-refractivity contribution >= 4 is 11.9 Å². The summed E-state index contributed by atoms with van der Waals surface area (Å²) in [6, 6.07) is 28.2. The molecule has 0 saturated carbocycles. The number of nitrogens with zero attached hydrogens (tertiary/aromatic N) is 4. The van der Waals surface area contributed by atoms with Crippen molar-refractivity contribution < 1.29 is 38.0 Å². The number of methoxy groups -OCH3 is 2. The lowest BCUT2D eigenvalue weighted by atomic mass is 10.0. The summed E-state index contributed by atoms with van der Waals surface area (Å²) in [5.41, 5.74) is 3.24. The Kier molecular flexibility index (Phi) is 22.1. The van der Waals surface area contributed by atoms with Crippen LogP contribution in [-0.4, -0.2) is 155 Å². The van der Waals surface area contributed by atoms with Gasteiger partial charge in [0.15, 0.2) is 0 Å². The molecule has 1 saturated heterocycles. The third-order valence-electron chi connectivity index (χ3n) is 10.8. The Bertz CT molecular complexity index is 1610. The van der Waals surface area contributed by atoms with Crippen LogP contribution in [-0.2, 0) is 52.8 Å². The Hall–Kier alpha value is -3.88. The predicted molar refractivity (Wildman–Crippen MR) is 236 cm³/mol. The third-order valence-corrected chi connectivity index (χ3v) is 10.8. The van der Waals surface area contributed by atoms with Crippen LogP contribution in [0.4, 0.5) is 0 Å². The van der Waals surface area contributed by atoms with Gasteiger partial charge < -0.3 is 28.4 Å². The molecule has 0 spiro atoms. The first-order chi connectivity index (χ1) is 29.1. The number of hydrogen-bond acceptors (Lipinski definition) is 12. The topological polar surface area (TPSA) is 102 Å². The van der Waals surface area contributed by atoms with Gasteiger partial charge in [0.25, 0.3) is 0 Å². The number of ether oxygens (including phenoxy) is 6. The van der Waals surface area contributed by atoms with Gasteiger partial charge in [-0.05, 0) is 75.8 Å². The lowest BCUT2D eigenvalue weighted by Crippen LogP contribution is -2.54. The molecule has 0 aliphatic carbocycles. The van der Waals surface area contributed by atoms with Gasteiger partial charge in [-0.1, -0.05) is 72.8 Å². The summed E-state index contributed by atoms with van der Waals surface area (Å²) in [5, 5.41) is 0. The van der Waals surface area contributed by atoms with Crippen molar-refractivity contribution in [2.45, 2.75) is 77.7 Å². The Morgan fingerprint density at radius 3 is 1.62 bits per heavy atom. The average Bonchev–Trinajstić information content (AvgIpc) is 3.25. The van der Waals surface area contributed by atoms with E-state index >= 15 is 0 Å². The van der Waals surface area contributed by atoms with Crippen LogP contribution in [0.3, 0.4) is 0 Å². The molecule has 0 bridgehead atoms. The molecule has 1 aliphatic rings. The van der Waals surface area contributed by atoms with Gasteiger partial charge in [-0.15, -0.1) is 0 Å². The molecule has 3 aromatic rings. The molecular formula is C48H72N4O8. The fraction of sp³-hybridized carbons (Fsp3) is 0.583. The fourth-order valence-corrected chi connectivity index (χ4v) is 7.36. The number of carbonyl (C=O) groups excluding carboxylic acids is 2. The number of rotatable bonds is 22. The highest BCUT2D eigenvalue weighted by molar-refractivity contribution is 5.76. The molecule has 0 radical (unpaired) electrons. The SMILES string of the molecule is CCOCCOCCOc1ccc(CCCC(C(=O)OC)N2CCN(Cc3ccccc3)CCN(Cc3ccccc3)CCN([C@H](COC(C)(C)C)C(=O)OC)CC2)cc1. The monoisotopic (exact) mass is 833 g/mol. The number of aryl methyl sites for hydroxylation is 1. The molecule has 12 heteroatoms. The maximum absolute atomic E-state index is 13.7. The Balaban J connectivity index is 1.53. The van der Waals surface area contributed by atoms with Gasteiger partial charge in [0, 0.05) is 72.1 Å². The lowest BCUT2D eigenvalue weighted by molar-refractivity contribution is -0.153. The zero-order valence-electron chi connectivity index (χ0n) is 37.2. The van der Waals surface area contributed by atoms with E-state index < -0.39 is 17.7 Å². The van der Waals surface area contributed by atoms with Gasteiger partial charge >= 0.3 is 11.9 Å². The molecule has 1 aliphatic heterocycles. The average molecular weight is 833 g/mol. The molecule has 1 unspecified atom stereocenters. The van der Waals surface area contributed by atoms with Crippen LogP contribution in [0.2, 0.25) is 0 Å². The minimum atomic E-state index is -0.608. The molecule has 3 aromatic carbocycles. The summed E-state index contributed by atoms with van der Waals surface area (Å²) in [5.74, 6) is 0.225. The number of hydrogen-bond donors (Lipinski definition) is 0. The quantitative estimate of drug-likeness (QED) is 0.0883. The highest BCUT2D eigenvalue weighted by Gasteiger charge is 2.33.